The highest BCUT2D eigenvalue weighted by Crippen LogP contribution is 2.19. The Hall–Kier alpha value is -1.92. The van der Waals surface area contributed by atoms with E-state index < -0.39 is 12.1 Å². The monoisotopic (exact) mass is 1100 g/mol. The molecule has 0 bridgehead atoms. The summed E-state index contributed by atoms with van der Waals surface area (Å²) in [5, 5.41) is 23.3. The number of allylic oxidation sites excluding steroid dienone is 5. The van der Waals surface area contributed by atoms with Gasteiger partial charge >= 0.3 is 5.97 Å². The maximum Gasteiger partial charge on any atom is 0.305 e. The van der Waals surface area contributed by atoms with Crippen molar-refractivity contribution in [2.24, 2.45) is 0 Å². The van der Waals surface area contributed by atoms with Gasteiger partial charge in [0, 0.05) is 12.8 Å². The van der Waals surface area contributed by atoms with E-state index in [0.29, 0.717) is 19.4 Å². The van der Waals surface area contributed by atoms with Gasteiger partial charge in [0.1, 0.15) is 0 Å². The zero-order chi connectivity index (χ0) is 56.4. The highest BCUT2D eigenvalue weighted by atomic mass is 16.5. The maximum absolute atomic E-state index is 12.5. The third-order valence-corrected chi connectivity index (χ3v) is 16.4. The standard InChI is InChI=1S/C72H137NO5/c1-3-5-7-9-11-13-15-17-19-21-23-24-25-26-27-29-32-36-40-44-48-52-56-60-64-70(75)69(68-74)73-71(76)65-61-57-53-49-45-41-37-33-30-28-31-35-39-43-47-51-55-59-63-67-78-72(77)66-62-58-54-50-46-42-38-34-22-20-18-16-14-12-10-8-6-4-2/h14,16,20,22,60,64,69-70,74-75H,3-13,15,17-19,21,23-59,61-63,65-68H2,1-2H3,(H,73,76)/b16-14-,22-20-,64-60+. The minimum Gasteiger partial charge on any atom is -0.466 e. The van der Waals surface area contributed by atoms with Crippen molar-refractivity contribution in [2.45, 2.75) is 398 Å². The van der Waals surface area contributed by atoms with Gasteiger partial charge in [0.25, 0.3) is 0 Å². The number of hydrogen-bond donors (Lipinski definition) is 3. The van der Waals surface area contributed by atoms with Crippen LogP contribution >= 0.6 is 0 Å². The van der Waals surface area contributed by atoms with E-state index in [1.54, 1.807) is 6.08 Å². The Balaban J connectivity index is 3.43. The van der Waals surface area contributed by atoms with Crippen molar-refractivity contribution >= 4 is 11.9 Å². The molecule has 6 nitrogen and oxygen atoms in total. The Kier molecular flexibility index (Phi) is 65.9. The molecule has 0 aliphatic heterocycles. The molecule has 0 fully saturated rings. The van der Waals surface area contributed by atoms with Crippen molar-refractivity contribution in [3.05, 3.63) is 36.5 Å². The van der Waals surface area contributed by atoms with Gasteiger partial charge in [0.05, 0.1) is 25.4 Å². The lowest BCUT2D eigenvalue weighted by atomic mass is 10.0. The van der Waals surface area contributed by atoms with Gasteiger partial charge in [-0.3, -0.25) is 9.59 Å². The molecule has 2 unspecified atom stereocenters. The summed E-state index contributed by atoms with van der Waals surface area (Å²) in [6, 6.07) is -0.632. The van der Waals surface area contributed by atoms with Crippen LogP contribution in [0.15, 0.2) is 36.5 Å². The van der Waals surface area contributed by atoms with Crippen molar-refractivity contribution in [1.82, 2.24) is 5.32 Å². The number of carbonyl (C=O) groups is 2. The summed E-state index contributed by atoms with van der Waals surface area (Å²) in [5.74, 6) is -0.0653. The molecule has 0 aromatic carbocycles. The van der Waals surface area contributed by atoms with Gasteiger partial charge < -0.3 is 20.3 Å². The predicted octanol–water partition coefficient (Wildman–Crippen LogP) is 22.7. The number of rotatable bonds is 66. The first-order valence-corrected chi connectivity index (χ1v) is 35.3. The summed E-state index contributed by atoms with van der Waals surface area (Å²) in [5.41, 5.74) is 0. The molecule has 0 aromatic heterocycles. The minimum absolute atomic E-state index is 0.00175. The van der Waals surface area contributed by atoms with E-state index in [1.807, 2.05) is 6.08 Å². The summed E-state index contributed by atoms with van der Waals surface area (Å²) in [7, 11) is 0. The van der Waals surface area contributed by atoms with Crippen molar-refractivity contribution in [1.29, 1.82) is 0 Å². The van der Waals surface area contributed by atoms with Crippen LogP contribution in [-0.4, -0.2) is 47.4 Å². The van der Waals surface area contributed by atoms with E-state index >= 15 is 0 Å². The van der Waals surface area contributed by atoms with E-state index in [1.165, 1.54) is 308 Å². The van der Waals surface area contributed by atoms with Crippen molar-refractivity contribution in [2.75, 3.05) is 13.2 Å². The fraction of sp³-hybridized carbons (Fsp3) is 0.889. The summed E-state index contributed by atoms with van der Waals surface area (Å²) in [6.45, 7) is 4.91. The average Bonchev–Trinajstić information content (AvgIpc) is 3.44. The van der Waals surface area contributed by atoms with Crippen LogP contribution in [0.2, 0.25) is 0 Å². The highest BCUT2D eigenvalue weighted by molar-refractivity contribution is 5.76. The first-order valence-electron chi connectivity index (χ1n) is 35.3. The number of aliphatic hydroxyl groups is 2. The molecule has 0 aliphatic carbocycles. The van der Waals surface area contributed by atoms with Gasteiger partial charge in [-0.1, -0.05) is 346 Å². The Morgan fingerprint density at radius 1 is 0.359 bits per heavy atom. The second kappa shape index (κ2) is 67.6. The quantitative estimate of drug-likeness (QED) is 0.0320. The second-order valence-electron chi connectivity index (χ2n) is 24.2. The lowest BCUT2D eigenvalue weighted by Gasteiger charge is -2.20. The molecular formula is C72H137NO5. The smallest absolute Gasteiger partial charge is 0.305 e. The zero-order valence-electron chi connectivity index (χ0n) is 52.7. The number of ether oxygens (including phenoxy) is 1. The van der Waals surface area contributed by atoms with Crippen LogP contribution in [0.25, 0.3) is 0 Å². The molecule has 0 rings (SSSR count). The van der Waals surface area contributed by atoms with Crippen molar-refractivity contribution in [3.8, 4) is 0 Å². The lowest BCUT2D eigenvalue weighted by Crippen LogP contribution is -2.45. The van der Waals surface area contributed by atoms with Crippen molar-refractivity contribution in [3.63, 3.8) is 0 Å². The average molecular weight is 1100 g/mol. The molecule has 6 heteroatoms. The van der Waals surface area contributed by atoms with Crippen LogP contribution in [0.3, 0.4) is 0 Å². The van der Waals surface area contributed by atoms with Gasteiger partial charge in [-0.15, -0.1) is 0 Å². The van der Waals surface area contributed by atoms with Crippen LogP contribution in [0, 0.1) is 0 Å². The van der Waals surface area contributed by atoms with Gasteiger partial charge in [-0.25, -0.2) is 0 Å². The molecular weight excluding hydrogens is 959 g/mol. The van der Waals surface area contributed by atoms with Gasteiger partial charge in [-0.2, -0.15) is 0 Å². The molecule has 1 amide bonds. The molecule has 0 saturated heterocycles. The molecule has 0 heterocycles. The van der Waals surface area contributed by atoms with Crippen LogP contribution < -0.4 is 5.32 Å². The largest absolute Gasteiger partial charge is 0.466 e. The van der Waals surface area contributed by atoms with Crippen LogP contribution in [0.4, 0.5) is 0 Å². The number of esters is 1. The Morgan fingerprint density at radius 3 is 0.987 bits per heavy atom. The fourth-order valence-electron chi connectivity index (χ4n) is 11.0. The normalized spacial score (nSPS) is 12.7. The van der Waals surface area contributed by atoms with E-state index in [4.69, 9.17) is 4.74 Å². The first kappa shape index (κ1) is 76.1. The van der Waals surface area contributed by atoms with E-state index in [0.717, 1.165) is 51.4 Å². The highest BCUT2D eigenvalue weighted by Gasteiger charge is 2.18. The molecule has 78 heavy (non-hydrogen) atoms. The van der Waals surface area contributed by atoms with Gasteiger partial charge in [0.15, 0.2) is 0 Å². The second-order valence-corrected chi connectivity index (χ2v) is 24.2. The number of aliphatic hydroxyl groups excluding tert-OH is 2. The molecule has 0 radical (unpaired) electrons. The Labute approximate surface area is 487 Å². The summed E-state index contributed by atoms with van der Waals surface area (Å²) < 4.78 is 5.50. The van der Waals surface area contributed by atoms with Crippen LogP contribution in [-0.2, 0) is 14.3 Å². The number of hydrogen-bond acceptors (Lipinski definition) is 5. The van der Waals surface area contributed by atoms with Gasteiger partial charge in [-0.05, 0) is 64.2 Å². The van der Waals surface area contributed by atoms with E-state index in [9.17, 15) is 19.8 Å². The van der Waals surface area contributed by atoms with Crippen LogP contribution in [0.1, 0.15) is 386 Å². The molecule has 0 saturated carbocycles. The Bertz CT molecular complexity index is 1260. The molecule has 0 spiro atoms. The van der Waals surface area contributed by atoms with E-state index in [2.05, 4.69) is 43.5 Å². The number of amides is 1. The molecule has 460 valence electrons. The molecule has 3 N–H and O–H groups in total. The maximum atomic E-state index is 12.5. The fourth-order valence-corrected chi connectivity index (χ4v) is 11.0. The molecule has 2 atom stereocenters. The third kappa shape index (κ3) is 63.3. The topological polar surface area (TPSA) is 95.9 Å². The molecule has 0 aliphatic rings. The summed E-state index contributed by atoms with van der Waals surface area (Å²) in [6.07, 6.45) is 86.4. The SMILES string of the molecule is CCCCCC/C=C\C/C=C\CCCCCCCCCC(=O)OCCCCCCCCCCCCCCCCCCCCCC(=O)NC(CO)C(O)/C=C/CCCCCCCCCCCCCCCCCCCCCCCC. The van der Waals surface area contributed by atoms with E-state index in [-0.39, 0.29) is 18.5 Å². The van der Waals surface area contributed by atoms with Crippen molar-refractivity contribution < 1.29 is 24.5 Å². The number of unbranched alkanes of at least 4 members (excludes halogenated alkanes) is 51. The number of carbonyl (C=O) groups excluding carboxylic acids is 2. The molecule has 0 aromatic rings. The van der Waals surface area contributed by atoms with Gasteiger partial charge in [0.2, 0.25) is 5.91 Å². The predicted molar refractivity (Wildman–Crippen MR) is 343 cm³/mol. The lowest BCUT2D eigenvalue weighted by molar-refractivity contribution is -0.143. The first-order chi connectivity index (χ1) is 38.5. The zero-order valence-corrected chi connectivity index (χ0v) is 52.7. The van der Waals surface area contributed by atoms with Crippen LogP contribution in [0.5, 0.6) is 0 Å². The third-order valence-electron chi connectivity index (χ3n) is 16.4. The Morgan fingerprint density at radius 2 is 0.641 bits per heavy atom. The minimum atomic E-state index is -0.849. The number of nitrogens with one attached hydrogen (secondary N) is 1. The summed E-state index contributed by atoms with van der Waals surface area (Å²) in [4.78, 5) is 24.6. The summed E-state index contributed by atoms with van der Waals surface area (Å²) >= 11 is 0.